The third-order valence-electron chi connectivity index (χ3n) is 2.83. The highest BCUT2D eigenvalue weighted by atomic mass is 32.2. The number of nitrogens with one attached hydrogen (secondary N) is 2. The largest absolute Gasteiger partial charge is 0.358 e. The molecule has 0 radical (unpaired) electrons. The Morgan fingerprint density at radius 2 is 2.29 bits per heavy atom. The molecule has 0 saturated carbocycles. The first-order chi connectivity index (χ1) is 10.2. The molecule has 3 aromatic rings. The van der Waals surface area contributed by atoms with Crippen molar-refractivity contribution in [3.63, 3.8) is 0 Å². The first kappa shape index (κ1) is 13.9. The fraction of sp³-hybridized carbons (Fsp3) is 0.0769. The van der Waals surface area contributed by atoms with Gasteiger partial charge in [-0.05, 0) is 35.6 Å². The van der Waals surface area contributed by atoms with Crippen LogP contribution >= 0.6 is 23.5 Å². The maximum absolute atomic E-state index is 12.5. The summed E-state index contributed by atoms with van der Waals surface area (Å²) in [6.07, 6.45) is -0.914. The van der Waals surface area contributed by atoms with E-state index in [4.69, 9.17) is 5.26 Å². The van der Waals surface area contributed by atoms with Crippen molar-refractivity contribution in [1.82, 2.24) is 9.36 Å². The van der Waals surface area contributed by atoms with Crippen LogP contribution in [-0.4, -0.2) is 9.36 Å². The average Bonchev–Trinajstić information content (AvgIpc) is 3.11. The topological polar surface area (TPSA) is 64.5 Å². The van der Waals surface area contributed by atoms with E-state index >= 15 is 0 Å². The van der Waals surface area contributed by atoms with Gasteiger partial charge in [-0.3, -0.25) is 0 Å². The number of halogens is 2. The summed E-state index contributed by atoms with van der Waals surface area (Å²) in [5.74, 6) is 0. The lowest BCUT2D eigenvalue weighted by Crippen LogP contribution is -1.87. The maximum atomic E-state index is 12.5. The van der Waals surface area contributed by atoms with Crippen LogP contribution in [0.3, 0.4) is 0 Å². The zero-order chi connectivity index (χ0) is 14.8. The van der Waals surface area contributed by atoms with E-state index in [1.54, 1.807) is 6.20 Å². The van der Waals surface area contributed by atoms with Crippen molar-refractivity contribution < 1.29 is 8.78 Å². The van der Waals surface area contributed by atoms with Crippen LogP contribution in [0.4, 0.5) is 14.5 Å². The van der Waals surface area contributed by atoms with Gasteiger partial charge in [0.05, 0.1) is 16.8 Å². The fourth-order valence-electron chi connectivity index (χ4n) is 1.86. The number of fused-ring (bicyclic) bond motifs is 1. The number of H-pyrrole nitrogens is 1. The van der Waals surface area contributed by atoms with Crippen LogP contribution in [0.25, 0.3) is 10.9 Å². The number of nitrogens with zero attached hydrogens (tertiary/aromatic N) is 2. The molecule has 0 unspecified atom stereocenters. The number of hydrogen-bond donors (Lipinski definition) is 2. The predicted octanol–water partition coefficient (Wildman–Crippen LogP) is 4.55. The fourth-order valence-corrected chi connectivity index (χ4v) is 3.31. The number of benzene rings is 1. The average molecular weight is 322 g/mol. The second-order valence-corrected chi connectivity index (χ2v) is 6.03. The molecule has 0 amide bonds. The molecule has 2 N–H and O–H groups in total. The summed E-state index contributed by atoms with van der Waals surface area (Å²) in [7, 11) is 0. The Morgan fingerprint density at radius 1 is 1.43 bits per heavy atom. The molecule has 2 heterocycles. The van der Waals surface area contributed by atoms with Gasteiger partial charge in [0.2, 0.25) is 0 Å². The highest BCUT2D eigenvalue weighted by Crippen LogP contribution is 2.32. The summed E-state index contributed by atoms with van der Waals surface area (Å²) in [5, 5.41) is 9.82. The number of para-hydroxylation sites is 1. The first-order valence-corrected chi connectivity index (χ1v) is 7.46. The molecular formula is C13H8F2N4S2. The summed E-state index contributed by atoms with van der Waals surface area (Å²) in [4.78, 5) is 3.04. The first-order valence-electron chi connectivity index (χ1n) is 5.87. The molecule has 21 heavy (non-hydrogen) atoms. The molecule has 1 aromatic carbocycles. The Kier molecular flexibility index (Phi) is 3.77. The van der Waals surface area contributed by atoms with Crippen molar-refractivity contribution in [3.8, 4) is 6.07 Å². The number of rotatable bonds is 4. The Bertz CT molecular complexity index is 819. The van der Waals surface area contributed by atoms with Gasteiger partial charge in [0.1, 0.15) is 16.0 Å². The van der Waals surface area contributed by atoms with Gasteiger partial charge in [-0.1, -0.05) is 12.1 Å². The van der Waals surface area contributed by atoms with Crippen LogP contribution in [0.15, 0.2) is 34.7 Å². The second-order valence-electron chi connectivity index (χ2n) is 4.12. The van der Waals surface area contributed by atoms with E-state index in [0.717, 1.165) is 28.1 Å². The molecule has 106 valence electrons. The van der Waals surface area contributed by atoms with Gasteiger partial charge in [0.15, 0.2) is 0 Å². The van der Waals surface area contributed by atoms with Crippen molar-refractivity contribution >= 4 is 40.1 Å². The monoisotopic (exact) mass is 322 g/mol. The lowest BCUT2D eigenvalue weighted by molar-refractivity contribution is 0.147. The number of aromatic nitrogens is 2. The smallest absolute Gasteiger partial charge is 0.281 e. The summed E-state index contributed by atoms with van der Waals surface area (Å²) >= 11 is 2.23. The van der Waals surface area contributed by atoms with Crippen LogP contribution in [-0.2, 0) is 0 Å². The second kappa shape index (κ2) is 5.71. The van der Waals surface area contributed by atoms with Crippen molar-refractivity contribution in [1.29, 1.82) is 5.26 Å². The van der Waals surface area contributed by atoms with E-state index in [1.165, 1.54) is 18.0 Å². The van der Waals surface area contributed by atoms with Crippen LogP contribution < -0.4 is 4.72 Å². The minimum atomic E-state index is -2.55. The standard InChI is InChI=1S/C13H8F2N4S2/c14-13(15)10-4-11(21-19-10)20-18-9-3-1-2-8-7(5-16)6-17-12(8)9/h1-4,6,13,17-18H. The Balaban J connectivity index is 1.82. The van der Waals surface area contributed by atoms with Gasteiger partial charge < -0.3 is 9.71 Å². The van der Waals surface area contributed by atoms with Crippen LogP contribution in [0.1, 0.15) is 17.7 Å². The number of hydrogen-bond acceptors (Lipinski definition) is 5. The summed E-state index contributed by atoms with van der Waals surface area (Å²) < 4.78 is 32.4. The molecule has 0 saturated heterocycles. The van der Waals surface area contributed by atoms with Crippen molar-refractivity contribution in [3.05, 3.63) is 41.7 Å². The summed E-state index contributed by atoms with van der Waals surface area (Å²) in [6, 6.07) is 9.00. The molecule has 0 fully saturated rings. The number of aromatic amines is 1. The SMILES string of the molecule is N#Cc1c[nH]c2c(NSc3cc(C(F)F)ns3)cccc12. The van der Waals surface area contributed by atoms with Crippen molar-refractivity contribution in [2.24, 2.45) is 0 Å². The van der Waals surface area contributed by atoms with Gasteiger partial charge in [-0.2, -0.15) is 9.64 Å². The predicted molar refractivity (Wildman–Crippen MR) is 79.6 cm³/mol. The van der Waals surface area contributed by atoms with Gasteiger partial charge in [0, 0.05) is 11.6 Å². The van der Waals surface area contributed by atoms with Crippen molar-refractivity contribution in [2.75, 3.05) is 4.72 Å². The quantitative estimate of drug-likeness (QED) is 0.692. The number of alkyl halides is 2. The zero-order valence-electron chi connectivity index (χ0n) is 10.4. The molecular weight excluding hydrogens is 314 g/mol. The third-order valence-corrected chi connectivity index (χ3v) is 4.54. The number of nitriles is 1. The van der Waals surface area contributed by atoms with E-state index in [1.807, 2.05) is 18.2 Å². The minimum absolute atomic E-state index is 0.214. The Labute approximate surface area is 127 Å². The molecule has 0 aliphatic rings. The van der Waals surface area contributed by atoms with Crippen LogP contribution in [0.2, 0.25) is 0 Å². The van der Waals surface area contributed by atoms with Crippen molar-refractivity contribution in [2.45, 2.75) is 10.6 Å². The Morgan fingerprint density at radius 3 is 3.00 bits per heavy atom. The van der Waals surface area contributed by atoms with Gasteiger partial charge in [-0.15, -0.1) is 0 Å². The van der Waals surface area contributed by atoms with E-state index in [2.05, 4.69) is 20.1 Å². The molecule has 0 atom stereocenters. The lowest BCUT2D eigenvalue weighted by Gasteiger charge is -2.04. The zero-order valence-corrected chi connectivity index (χ0v) is 12.1. The molecule has 3 rings (SSSR count). The van der Waals surface area contributed by atoms with Crippen LogP contribution in [0.5, 0.6) is 0 Å². The maximum Gasteiger partial charge on any atom is 0.281 e. The molecule has 8 heteroatoms. The molecule has 0 bridgehead atoms. The number of anilines is 1. The summed E-state index contributed by atoms with van der Waals surface area (Å²) in [6.45, 7) is 0. The highest BCUT2D eigenvalue weighted by Gasteiger charge is 2.13. The van der Waals surface area contributed by atoms with E-state index in [0.29, 0.717) is 9.77 Å². The molecule has 0 spiro atoms. The van der Waals surface area contributed by atoms with E-state index in [9.17, 15) is 8.78 Å². The molecule has 0 aliphatic heterocycles. The van der Waals surface area contributed by atoms with E-state index in [-0.39, 0.29) is 5.69 Å². The summed E-state index contributed by atoms with van der Waals surface area (Å²) in [5.41, 5.74) is 1.94. The highest BCUT2D eigenvalue weighted by molar-refractivity contribution is 8.02. The minimum Gasteiger partial charge on any atom is -0.358 e. The Hall–Kier alpha value is -2.11. The van der Waals surface area contributed by atoms with Crippen LogP contribution in [0, 0.1) is 11.3 Å². The molecule has 4 nitrogen and oxygen atoms in total. The molecule has 2 aromatic heterocycles. The van der Waals surface area contributed by atoms with Gasteiger partial charge in [0.25, 0.3) is 6.43 Å². The molecule has 0 aliphatic carbocycles. The van der Waals surface area contributed by atoms with E-state index < -0.39 is 6.43 Å². The van der Waals surface area contributed by atoms with Gasteiger partial charge >= 0.3 is 0 Å². The van der Waals surface area contributed by atoms with Gasteiger partial charge in [-0.25, -0.2) is 8.78 Å². The normalized spacial score (nSPS) is 11.0. The third kappa shape index (κ3) is 2.70. The lowest BCUT2D eigenvalue weighted by atomic mass is 10.2.